The fraction of sp³-hybridized carbons (Fsp3) is 0.350. The number of benzene rings is 2. The topological polar surface area (TPSA) is 51.0 Å². The Bertz CT molecular complexity index is 616. The lowest BCUT2D eigenvalue weighted by Crippen LogP contribution is -1.99. The Hall–Kier alpha value is -2.04. The number of rotatable bonds is 8. The van der Waals surface area contributed by atoms with Crippen molar-refractivity contribution in [3.05, 3.63) is 64.7 Å². The van der Waals surface area contributed by atoms with Gasteiger partial charge >= 0.3 is 0 Å². The third-order valence-electron chi connectivity index (χ3n) is 3.24. The summed E-state index contributed by atoms with van der Waals surface area (Å²) in [7, 11) is 0. The smallest absolute Gasteiger partial charge is 0.137 e. The molecular formula is C20H26ClNO3. The average Bonchev–Trinajstić information content (AvgIpc) is 2.62. The zero-order chi connectivity index (χ0) is 18.3. The summed E-state index contributed by atoms with van der Waals surface area (Å²) in [5.74, 6) is 0.648. The highest BCUT2D eigenvalue weighted by atomic mass is 35.5. The third-order valence-corrected chi connectivity index (χ3v) is 3.54. The molecule has 0 aliphatic heterocycles. The van der Waals surface area contributed by atoms with Gasteiger partial charge in [0.2, 0.25) is 0 Å². The van der Waals surface area contributed by atoms with Crippen LogP contribution >= 0.6 is 11.6 Å². The molecule has 0 bridgehead atoms. The van der Waals surface area contributed by atoms with Gasteiger partial charge in [0.25, 0.3) is 0 Å². The molecule has 0 aliphatic carbocycles. The van der Waals surface area contributed by atoms with Crippen molar-refractivity contribution in [2.75, 3.05) is 19.8 Å². The number of oxime groups is 1. The van der Waals surface area contributed by atoms with Crippen LogP contribution in [0.2, 0.25) is 5.02 Å². The van der Waals surface area contributed by atoms with Gasteiger partial charge in [0.1, 0.15) is 5.75 Å². The van der Waals surface area contributed by atoms with Gasteiger partial charge in [0.05, 0.1) is 11.6 Å². The van der Waals surface area contributed by atoms with E-state index in [-0.39, 0.29) is 0 Å². The molecule has 2 aromatic carbocycles. The van der Waals surface area contributed by atoms with Crippen molar-refractivity contribution < 1.29 is 14.7 Å². The van der Waals surface area contributed by atoms with E-state index in [2.05, 4.69) is 17.3 Å². The summed E-state index contributed by atoms with van der Waals surface area (Å²) < 4.78 is 10.3. The Labute approximate surface area is 155 Å². The molecule has 0 fully saturated rings. The SMILES string of the molecule is CCOCC.O/N=C\CCOc1ccc(Cc2ccccc2)cc1Cl. The molecule has 0 aromatic heterocycles. The van der Waals surface area contributed by atoms with Gasteiger partial charge < -0.3 is 14.7 Å². The summed E-state index contributed by atoms with van der Waals surface area (Å²) in [6.45, 7) is 6.10. The summed E-state index contributed by atoms with van der Waals surface area (Å²) in [5.41, 5.74) is 2.39. The fourth-order valence-electron chi connectivity index (χ4n) is 2.09. The second kappa shape index (κ2) is 13.3. The van der Waals surface area contributed by atoms with Crippen LogP contribution in [-0.4, -0.2) is 31.2 Å². The Balaban J connectivity index is 0.000000550. The predicted molar refractivity (Wildman–Crippen MR) is 103 cm³/mol. The first kappa shape index (κ1) is 21.0. The molecule has 4 nitrogen and oxygen atoms in total. The molecule has 0 unspecified atom stereocenters. The van der Waals surface area contributed by atoms with E-state index in [0.29, 0.717) is 23.8 Å². The molecule has 25 heavy (non-hydrogen) atoms. The largest absolute Gasteiger partial charge is 0.492 e. The molecule has 0 spiro atoms. The Morgan fingerprint density at radius 1 is 1.04 bits per heavy atom. The van der Waals surface area contributed by atoms with Crippen LogP contribution in [0.25, 0.3) is 0 Å². The van der Waals surface area contributed by atoms with Crippen molar-refractivity contribution in [1.29, 1.82) is 0 Å². The Kier molecular flexibility index (Phi) is 11.2. The van der Waals surface area contributed by atoms with Crippen LogP contribution < -0.4 is 4.74 Å². The first-order chi connectivity index (χ1) is 12.2. The number of hydrogen-bond donors (Lipinski definition) is 1. The zero-order valence-corrected chi connectivity index (χ0v) is 15.6. The highest BCUT2D eigenvalue weighted by Gasteiger charge is 2.04. The lowest BCUT2D eigenvalue weighted by Gasteiger charge is -2.08. The van der Waals surface area contributed by atoms with E-state index in [9.17, 15) is 0 Å². The van der Waals surface area contributed by atoms with Gasteiger partial charge in [0, 0.05) is 25.8 Å². The summed E-state index contributed by atoms with van der Waals surface area (Å²) in [6, 6.07) is 16.0. The van der Waals surface area contributed by atoms with Crippen LogP contribution in [0, 0.1) is 0 Å². The maximum absolute atomic E-state index is 8.28. The molecule has 0 atom stereocenters. The van der Waals surface area contributed by atoms with Gasteiger partial charge in [-0.1, -0.05) is 48.0 Å². The highest BCUT2D eigenvalue weighted by Crippen LogP contribution is 2.26. The lowest BCUT2D eigenvalue weighted by molar-refractivity contribution is 0.162. The summed E-state index contributed by atoms with van der Waals surface area (Å²) >= 11 is 6.20. The lowest BCUT2D eigenvalue weighted by atomic mass is 10.1. The van der Waals surface area contributed by atoms with Crippen LogP contribution in [0.5, 0.6) is 5.75 Å². The monoisotopic (exact) mass is 363 g/mol. The quantitative estimate of drug-likeness (QED) is 0.303. The van der Waals surface area contributed by atoms with Crippen molar-refractivity contribution in [2.45, 2.75) is 26.7 Å². The van der Waals surface area contributed by atoms with Crippen LogP contribution in [0.1, 0.15) is 31.4 Å². The molecule has 0 heterocycles. The minimum absolute atomic E-state index is 0.432. The zero-order valence-electron chi connectivity index (χ0n) is 14.8. The second-order valence-corrected chi connectivity index (χ2v) is 5.55. The fourth-order valence-corrected chi connectivity index (χ4v) is 2.34. The Morgan fingerprint density at radius 2 is 1.76 bits per heavy atom. The first-order valence-corrected chi connectivity index (χ1v) is 8.77. The van der Waals surface area contributed by atoms with Gasteiger partial charge in [0.15, 0.2) is 0 Å². The molecule has 136 valence electrons. The molecule has 2 aromatic rings. The molecule has 0 saturated carbocycles. The minimum Gasteiger partial charge on any atom is -0.492 e. The maximum atomic E-state index is 8.28. The second-order valence-electron chi connectivity index (χ2n) is 5.14. The van der Waals surface area contributed by atoms with Crippen molar-refractivity contribution >= 4 is 17.8 Å². The molecular weight excluding hydrogens is 338 g/mol. The van der Waals surface area contributed by atoms with Gasteiger partial charge in [-0.25, -0.2) is 0 Å². The van der Waals surface area contributed by atoms with Gasteiger partial charge in [-0.05, 0) is 43.5 Å². The van der Waals surface area contributed by atoms with E-state index in [4.69, 9.17) is 26.3 Å². The normalized spacial score (nSPS) is 10.4. The van der Waals surface area contributed by atoms with Crippen LogP contribution in [0.15, 0.2) is 53.7 Å². The standard InChI is InChI=1S/C16H16ClNO2.C4H10O/c17-15-12-14(11-13-5-2-1-3-6-13)7-8-16(15)20-10-4-9-18-19;1-3-5-4-2/h1-3,5-9,12,19H,4,10-11H2;3-4H2,1-2H3/b18-9-;. The van der Waals surface area contributed by atoms with Crippen molar-refractivity contribution in [2.24, 2.45) is 5.16 Å². The van der Waals surface area contributed by atoms with Crippen molar-refractivity contribution in [3.8, 4) is 5.75 Å². The van der Waals surface area contributed by atoms with E-state index in [0.717, 1.165) is 25.2 Å². The van der Waals surface area contributed by atoms with E-state index in [1.807, 2.05) is 50.2 Å². The Morgan fingerprint density at radius 3 is 2.32 bits per heavy atom. The van der Waals surface area contributed by atoms with E-state index < -0.39 is 0 Å². The number of ether oxygens (including phenoxy) is 2. The van der Waals surface area contributed by atoms with E-state index in [1.165, 1.54) is 11.8 Å². The molecule has 2 rings (SSSR count). The van der Waals surface area contributed by atoms with Crippen molar-refractivity contribution in [3.63, 3.8) is 0 Å². The number of hydrogen-bond acceptors (Lipinski definition) is 4. The molecule has 1 N–H and O–H groups in total. The number of nitrogens with zero attached hydrogens (tertiary/aromatic N) is 1. The third kappa shape index (κ3) is 9.13. The first-order valence-electron chi connectivity index (χ1n) is 8.40. The van der Waals surface area contributed by atoms with Gasteiger partial charge in [-0.2, -0.15) is 0 Å². The summed E-state index contributed by atoms with van der Waals surface area (Å²) in [4.78, 5) is 0. The van der Waals surface area contributed by atoms with E-state index in [1.54, 1.807) is 0 Å². The molecule has 5 heteroatoms. The van der Waals surface area contributed by atoms with Crippen molar-refractivity contribution in [1.82, 2.24) is 0 Å². The van der Waals surface area contributed by atoms with Gasteiger partial charge in [-0.3, -0.25) is 0 Å². The predicted octanol–water partition coefficient (Wildman–Crippen LogP) is 5.20. The molecule has 0 radical (unpaired) electrons. The van der Waals surface area contributed by atoms with E-state index >= 15 is 0 Å². The highest BCUT2D eigenvalue weighted by molar-refractivity contribution is 6.32. The summed E-state index contributed by atoms with van der Waals surface area (Å²) in [6.07, 6.45) is 2.77. The van der Waals surface area contributed by atoms with Crippen LogP contribution in [0.4, 0.5) is 0 Å². The van der Waals surface area contributed by atoms with Crippen LogP contribution in [0.3, 0.4) is 0 Å². The molecule has 0 saturated heterocycles. The summed E-state index contributed by atoms with van der Waals surface area (Å²) in [5, 5.41) is 11.8. The van der Waals surface area contributed by atoms with Crippen LogP contribution in [-0.2, 0) is 11.2 Å². The maximum Gasteiger partial charge on any atom is 0.137 e. The van der Waals surface area contributed by atoms with Gasteiger partial charge in [-0.15, -0.1) is 5.16 Å². The average molecular weight is 364 g/mol. The molecule has 0 aliphatic rings. The number of halogens is 1. The minimum atomic E-state index is 0.432. The molecule has 0 amide bonds.